The maximum Gasteiger partial charge on any atom is 0.421 e. The highest BCUT2D eigenvalue weighted by Crippen LogP contribution is 2.36. The van der Waals surface area contributed by atoms with Gasteiger partial charge in [0, 0.05) is 32.3 Å². The number of anilines is 4. The molecule has 2 amide bonds. The Morgan fingerprint density at radius 1 is 1.21 bits per heavy atom. The van der Waals surface area contributed by atoms with E-state index in [4.69, 9.17) is 0 Å². The second kappa shape index (κ2) is 10.2. The summed E-state index contributed by atoms with van der Waals surface area (Å²) in [5.74, 6) is 3.64. The van der Waals surface area contributed by atoms with Crippen molar-refractivity contribution in [2.75, 3.05) is 29.0 Å². The summed E-state index contributed by atoms with van der Waals surface area (Å²) in [7, 11) is 0. The van der Waals surface area contributed by atoms with Crippen LogP contribution in [0.4, 0.5) is 36.3 Å². The highest BCUT2D eigenvalue weighted by molar-refractivity contribution is 6.05. The van der Waals surface area contributed by atoms with Crippen molar-refractivity contribution in [2.45, 2.75) is 38.9 Å². The molecule has 1 saturated heterocycles. The standard InChI is InChI=1S/C22H23F3N6O2/c1-3-7-19(33)28-17-9-4-5-10-18(17)29-20-16(22(23,24)25)12-26-21(30-20)27-15-8-6-11-31(13-15)14(2)32/h4-5,9-10,12,15H,6,8,11,13H2,1-2H3,(H,28,33)(H2,26,27,29,30)/t15-/m0/s1. The molecule has 1 fully saturated rings. The largest absolute Gasteiger partial charge is 0.421 e. The van der Waals surface area contributed by atoms with Crippen molar-refractivity contribution < 1.29 is 22.8 Å². The number of aromatic nitrogens is 2. The quantitative estimate of drug-likeness (QED) is 0.590. The Kier molecular flexibility index (Phi) is 7.37. The van der Waals surface area contributed by atoms with Gasteiger partial charge in [0.15, 0.2) is 0 Å². The van der Waals surface area contributed by atoms with Gasteiger partial charge in [-0.25, -0.2) is 4.98 Å². The smallest absolute Gasteiger partial charge is 0.350 e. The number of nitrogens with zero attached hydrogens (tertiary/aromatic N) is 3. The number of amides is 2. The number of carbonyl (C=O) groups excluding carboxylic acids is 2. The predicted molar refractivity (Wildman–Crippen MR) is 118 cm³/mol. The lowest BCUT2D eigenvalue weighted by molar-refractivity contribution is -0.137. The topological polar surface area (TPSA) is 99.2 Å². The normalized spacial score (nSPS) is 15.8. The first kappa shape index (κ1) is 23.8. The van der Waals surface area contributed by atoms with Crippen molar-refractivity contribution in [2.24, 2.45) is 0 Å². The molecule has 1 aromatic heterocycles. The van der Waals surface area contributed by atoms with E-state index in [1.54, 1.807) is 17.0 Å². The molecule has 3 rings (SSSR count). The van der Waals surface area contributed by atoms with E-state index in [0.29, 0.717) is 19.3 Å². The summed E-state index contributed by atoms with van der Waals surface area (Å²) < 4.78 is 40.9. The van der Waals surface area contributed by atoms with Crippen molar-refractivity contribution >= 4 is 35.0 Å². The number of rotatable bonds is 5. The number of para-hydroxylation sites is 2. The number of halogens is 3. The van der Waals surface area contributed by atoms with Gasteiger partial charge in [0.2, 0.25) is 11.9 Å². The third-order valence-corrected chi connectivity index (χ3v) is 4.96. The summed E-state index contributed by atoms with van der Waals surface area (Å²) in [5, 5.41) is 8.22. The fraction of sp³-hybridized carbons (Fsp3) is 0.364. The van der Waals surface area contributed by atoms with Gasteiger partial charge >= 0.3 is 6.18 Å². The van der Waals surface area contributed by atoms with E-state index < -0.39 is 23.5 Å². The molecule has 1 atom stereocenters. The number of alkyl halides is 3. The van der Waals surface area contributed by atoms with Crippen LogP contribution in [0.15, 0.2) is 30.5 Å². The first-order valence-corrected chi connectivity index (χ1v) is 10.2. The van der Waals surface area contributed by atoms with Gasteiger partial charge in [-0.1, -0.05) is 18.1 Å². The zero-order chi connectivity index (χ0) is 24.0. The Balaban J connectivity index is 1.88. The molecule has 1 aliphatic heterocycles. The molecule has 174 valence electrons. The number of hydrogen-bond acceptors (Lipinski definition) is 6. The molecule has 8 nitrogen and oxygen atoms in total. The van der Waals surface area contributed by atoms with Crippen LogP contribution < -0.4 is 16.0 Å². The fourth-order valence-corrected chi connectivity index (χ4v) is 3.41. The highest BCUT2D eigenvalue weighted by Gasteiger charge is 2.36. The maximum atomic E-state index is 13.6. The molecule has 2 heterocycles. The van der Waals surface area contributed by atoms with E-state index in [2.05, 4.69) is 37.8 Å². The minimum absolute atomic E-state index is 0.000677. The van der Waals surface area contributed by atoms with E-state index in [9.17, 15) is 22.8 Å². The molecule has 0 spiro atoms. The monoisotopic (exact) mass is 460 g/mol. The van der Waals surface area contributed by atoms with Gasteiger partial charge in [-0.05, 0) is 37.8 Å². The molecule has 2 aromatic rings. The summed E-state index contributed by atoms with van der Waals surface area (Å²) in [6.45, 7) is 4.02. The van der Waals surface area contributed by atoms with Gasteiger partial charge in [0.1, 0.15) is 11.4 Å². The van der Waals surface area contributed by atoms with Crippen molar-refractivity contribution in [3.05, 3.63) is 36.0 Å². The van der Waals surface area contributed by atoms with Crippen LogP contribution in [0.1, 0.15) is 32.3 Å². The van der Waals surface area contributed by atoms with E-state index in [1.807, 2.05) is 0 Å². The molecule has 11 heteroatoms. The Labute approximate surface area is 189 Å². The van der Waals surface area contributed by atoms with Crippen LogP contribution in [0.5, 0.6) is 0 Å². The summed E-state index contributed by atoms with van der Waals surface area (Å²) in [6, 6.07) is 6.09. The molecule has 0 aliphatic carbocycles. The second-order valence-corrected chi connectivity index (χ2v) is 7.40. The lowest BCUT2D eigenvalue weighted by atomic mass is 10.1. The van der Waals surface area contributed by atoms with Crippen LogP contribution in [0, 0.1) is 11.8 Å². The second-order valence-electron chi connectivity index (χ2n) is 7.40. The molecule has 1 aromatic carbocycles. The molecule has 0 bridgehead atoms. The predicted octanol–water partition coefficient (Wildman–Crippen LogP) is 3.62. The average molecular weight is 460 g/mol. The van der Waals surface area contributed by atoms with Crippen LogP contribution in [-0.2, 0) is 15.8 Å². The number of hydrogen-bond donors (Lipinski definition) is 3. The Bertz CT molecular complexity index is 1090. The van der Waals surface area contributed by atoms with Crippen LogP contribution in [-0.4, -0.2) is 45.8 Å². The molecular weight excluding hydrogens is 437 g/mol. The van der Waals surface area contributed by atoms with Crippen LogP contribution >= 0.6 is 0 Å². The van der Waals surface area contributed by atoms with E-state index >= 15 is 0 Å². The number of likely N-dealkylation sites (tertiary alicyclic amines) is 1. The number of nitrogens with one attached hydrogen (secondary N) is 3. The van der Waals surface area contributed by atoms with E-state index in [1.165, 1.54) is 26.0 Å². The Morgan fingerprint density at radius 2 is 1.94 bits per heavy atom. The summed E-state index contributed by atoms with van der Waals surface area (Å²) >= 11 is 0. The minimum atomic E-state index is -4.71. The molecular formula is C22H23F3N6O2. The summed E-state index contributed by atoms with van der Waals surface area (Å²) in [6.07, 6.45) is -2.52. The lowest BCUT2D eigenvalue weighted by Gasteiger charge is -2.32. The summed E-state index contributed by atoms with van der Waals surface area (Å²) in [4.78, 5) is 33.0. The maximum absolute atomic E-state index is 13.6. The van der Waals surface area contributed by atoms with Gasteiger partial charge in [-0.15, -0.1) is 0 Å². The van der Waals surface area contributed by atoms with Crippen LogP contribution in [0.2, 0.25) is 0 Å². The molecule has 3 N–H and O–H groups in total. The molecule has 0 saturated carbocycles. The highest BCUT2D eigenvalue weighted by atomic mass is 19.4. The molecule has 0 radical (unpaired) electrons. The van der Waals surface area contributed by atoms with Crippen molar-refractivity contribution in [1.82, 2.24) is 14.9 Å². The van der Waals surface area contributed by atoms with Crippen LogP contribution in [0.25, 0.3) is 0 Å². The SMILES string of the molecule is CC#CC(=O)Nc1ccccc1Nc1nc(N[C@H]2CCCN(C(C)=O)C2)ncc1C(F)(F)F. The van der Waals surface area contributed by atoms with Gasteiger partial charge in [0.05, 0.1) is 11.4 Å². The van der Waals surface area contributed by atoms with E-state index in [0.717, 1.165) is 12.8 Å². The van der Waals surface area contributed by atoms with Gasteiger partial charge in [0.25, 0.3) is 5.91 Å². The van der Waals surface area contributed by atoms with Gasteiger partial charge < -0.3 is 20.9 Å². The first-order valence-electron chi connectivity index (χ1n) is 10.2. The summed E-state index contributed by atoms with van der Waals surface area (Å²) in [5.41, 5.74) is -0.605. The third-order valence-electron chi connectivity index (χ3n) is 4.96. The minimum Gasteiger partial charge on any atom is -0.350 e. The van der Waals surface area contributed by atoms with Crippen molar-refractivity contribution in [1.29, 1.82) is 0 Å². The number of carbonyl (C=O) groups is 2. The first-order chi connectivity index (χ1) is 15.7. The van der Waals surface area contributed by atoms with E-state index in [-0.39, 0.29) is 29.3 Å². The van der Waals surface area contributed by atoms with Crippen LogP contribution in [0.3, 0.4) is 0 Å². The Hall–Kier alpha value is -3.81. The molecule has 33 heavy (non-hydrogen) atoms. The Morgan fingerprint density at radius 3 is 2.61 bits per heavy atom. The third kappa shape index (κ3) is 6.35. The van der Waals surface area contributed by atoms with Gasteiger partial charge in [-0.3, -0.25) is 9.59 Å². The zero-order valence-corrected chi connectivity index (χ0v) is 18.1. The number of benzene rings is 1. The molecule has 0 unspecified atom stereocenters. The lowest BCUT2D eigenvalue weighted by Crippen LogP contribution is -2.44. The average Bonchev–Trinajstić information content (AvgIpc) is 2.75. The fourth-order valence-electron chi connectivity index (χ4n) is 3.41. The van der Waals surface area contributed by atoms with Gasteiger partial charge in [-0.2, -0.15) is 18.2 Å². The molecule has 1 aliphatic rings. The van der Waals surface area contributed by atoms with Crippen molar-refractivity contribution in [3.8, 4) is 11.8 Å². The van der Waals surface area contributed by atoms with Crippen molar-refractivity contribution in [3.63, 3.8) is 0 Å². The zero-order valence-electron chi connectivity index (χ0n) is 18.1. The number of piperidine rings is 1.